The number of benzene rings is 2. The van der Waals surface area contributed by atoms with Crippen LogP contribution < -0.4 is 5.32 Å². The lowest BCUT2D eigenvalue weighted by molar-refractivity contribution is 1.26. The highest BCUT2D eigenvalue weighted by Gasteiger charge is 2.17. The van der Waals surface area contributed by atoms with Crippen LogP contribution in [0.5, 0.6) is 0 Å². The molecule has 0 fully saturated rings. The molecule has 1 aliphatic rings. The van der Waals surface area contributed by atoms with Crippen LogP contribution in [0, 0.1) is 0 Å². The van der Waals surface area contributed by atoms with Gasteiger partial charge in [-0.25, -0.2) is 4.98 Å². The minimum atomic E-state index is 0.643. The van der Waals surface area contributed by atoms with Crippen LogP contribution in [0.4, 0.5) is 11.5 Å². The summed E-state index contributed by atoms with van der Waals surface area (Å²) in [5.74, 6) is 0.801. The van der Waals surface area contributed by atoms with E-state index in [1.54, 1.807) is 6.20 Å². The second-order valence-electron chi connectivity index (χ2n) is 5.19. The second-order valence-corrected chi connectivity index (χ2v) is 5.63. The highest BCUT2D eigenvalue weighted by Crippen LogP contribution is 2.37. The third-order valence-electron chi connectivity index (χ3n) is 3.79. The molecule has 3 aromatic rings. The van der Waals surface area contributed by atoms with E-state index in [9.17, 15) is 0 Å². The predicted molar refractivity (Wildman–Crippen MR) is 87.2 cm³/mol. The minimum absolute atomic E-state index is 0.643. The van der Waals surface area contributed by atoms with Gasteiger partial charge in [0.1, 0.15) is 5.82 Å². The Kier molecular flexibility index (Phi) is 2.90. The van der Waals surface area contributed by atoms with E-state index in [4.69, 9.17) is 11.6 Å². The normalized spacial score (nSPS) is 11.9. The first-order chi connectivity index (χ1) is 10.3. The van der Waals surface area contributed by atoms with Crippen molar-refractivity contribution in [2.45, 2.75) is 6.42 Å². The van der Waals surface area contributed by atoms with Gasteiger partial charge in [-0.1, -0.05) is 41.9 Å². The number of pyridine rings is 1. The smallest absolute Gasteiger partial charge is 0.130 e. The van der Waals surface area contributed by atoms with Crippen LogP contribution in [0.15, 0.2) is 60.8 Å². The molecule has 2 aromatic carbocycles. The molecule has 0 amide bonds. The fraction of sp³-hybridized carbons (Fsp3) is 0.0556. The van der Waals surface area contributed by atoms with Crippen LogP contribution >= 0.6 is 11.6 Å². The number of nitrogens with zero attached hydrogens (tertiary/aromatic N) is 1. The first-order valence-corrected chi connectivity index (χ1v) is 7.27. The molecule has 0 saturated heterocycles. The molecule has 0 aliphatic heterocycles. The van der Waals surface area contributed by atoms with Gasteiger partial charge in [0.25, 0.3) is 0 Å². The summed E-state index contributed by atoms with van der Waals surface area (Å²) in [6.45, 7) is 0. The summed E-state index contributed by atoms with van der Waals surface area (Å²) < 4.78 is 0. The fourth-order valence-corrected chi connectivity index (χ4v) is 2.93. The molecule has 21 heavy (non-hydrogen) atoms. The van der Waals surface area contributed by atoms with Gasteiger partial charge in [0.2, 0.25) is 0 Å². The molecule has 1 aliphatic carbocycles. The average molecular weight is 293 g/mol. The summed E-state index contributed by atoms with van der Waals surface area (Å²) in [6, 6.07) is 18.8. The van der Waals surface area contributed by atoms with Crippen LogP contribution in [-0.2, 0) is 6.42 Å². The van der Waals surface area contributed by atoms with E-state index in [0.717, 1.165) is 17.9 Å². The Balaban J connectivity index is 1.65. The maximum atomic E-state index is 5.85. The molecule has 0 bridgehead atoms. The van der Waals surface area contributed by atoms with E-state index in [0.29, 0.717) is 5.02 Å². The molecule has 4 rings (SSSR count). The van der Waals surface area contributed by atoms with Crippen molar-refractivity contribution in [3.05, 3.63) is 76.9 Å². The van der Waals surface area contributed by atoms with Crippen molar-refractivity contribution in [3.63, 3.8) is 0 Å². The zero-order valence-corrected chi connectivity index (χ0v) is 12.1. The van der Waals surface area contributed by atoms with Gasteiger partial charge >= 0.3 is 0 Å². The van der Waals surface area contributed by atoms with Crippen molar-refractivity contribution >= 4 is 23.1 Å². The standard InChI is InChI=1S/C18H13ClN2/c19-14-5-8-18(20-11-14)21-15-6-7-17-13(10-15)9-12-3-1-2-4-16(12)17/h1-8,10-11H,9H2,(H,20,21). The number of hydrogen-bond acceptors (Lipinski definition) is 2. The molecule has 1 heterocycles. The van der Waals surface area contributed by atoms with Crippen molar-refractivity contribution < 1.29 is 0 Å². The summed E-state index contributed by atoms with van der Waals surface area (Å²) in [6.07, 6.45) is 2.64. The quantitative estimate of drug-likeness (QED) is 0.559. The van der Waals surface area contributed by atoms with E-state index in [1.807, 2.05) is 12.1 Å². The van der Waals surface area contributed by atoms with E-state index in [2.05, 4.69) is 52.8 Å². The van der Waals surface area contributed by atoms with Crippen molar-refractivity contribution in [2.75, 3.05) is 5.32 Å². The maximum Gasteiger partial charge on any atom is 0.130 e. The SMILES string of the molecule is Clc1ccc(Nc2ccc3c(c2)Cc2ccccc2-3)nc1. The highest BCUT2D eigenvalue weighted by molar-refractivity contribution is 6.30. The largest absolute Gasteiger partial charge is 0.340 e. The lowest BCUT2D eigenvalue weighted by Crippen LogP contribution is -1.93. The highest BCUT2D eigenvalue weighted by atomic mass is 35.5. The molecule has 0 spiro atoms. The second kappa shape index (κ2) is 4.90. The monoisotopic (exact) mass is 292 g/mol. The van der Waals surface area contributed by atoms with Crippen molar-refractivity contribution in [1.29, 1.82) is 0 Å². The molecule has 0 atom stereocenters. The topological polar surface area (TPSA) is 24.9 Å². The van der Waals surface area contributed by atoms with Gasteiger partial charge < -0.3 is 5.32 Å². The van der Waals surface area contributed by atoms with Gasteiger partial charge in [-0.3, -0.25) is 0 Å². The molecule has 0 saturated carbocycles. The van der Waals surface area contributed by atoms with E-state index in [1.165, 1.54) is 22.3 Å². The summed E-state index contributed by atoms with van der Waals surface area (Å²) in [5, 5.41) is 3.96. The van der Waals surface area contributed by atoms with Crippen LogP contribution in [0.3, 0.4) is 0 Å². The number of nitrogens with one attached hydrogen (secondary N) is 1. The molecule has 1 aromatic heterocycles. The summed E-state index contributed by atoms with van der Waals surface area (Å²) in [4.78, 5) is 4.26. The first kappa shape index (κ1) is 12.4. The van der Waals surface area contributed by atoms with E-state index in [-0.39, 0.29) is 0 Å². The predicted octanol–water partition coefficient (Wildman–Crippen LogP) is 5.05. The van der Waals surface area contributed by atoms with Gasteiger partial charge in [-0.15, -0.1) is 0 Å². The van der Waals surface area contributed by atoms with Gasteiger partial charge in [0.05, 0.1) is 5.02 Å². The molecule has 1 N–H and O–H groups in total. The molecule has 2 nitrogen and oxygen atoms in total. The van der Waals surface area contributed by atoms with Gasteiger partial charge in [-0.05, 0) is 52.9 Å². The van der Waals surface area contributed by atoms with Crippen molar-refractivity contribution in [1.82, 2.24) is 4.98 Å². The van der Waals surface area contributed by atoms with Crippen molar-refractivity contribution in [3.8, 4) is 11.1 Å². The number of hydrogen-bond donors (Lipinski definition) is 1. The summed E-state index contributed by atoms with van der Waals surface area (Å²) >= 11 is 5.85. The van der Waals surface area contributed by atoms with Crippen LogP contribution in [0.1, 0.15) is 11.1 Å². The number of anilines is 2. The van der Waals surface area contributed by atoms with Crippen molar-refractivity contribution in [2.24, 2.45) is 0 Å². The van der Waals surface area contributed by atoms with E-state index < -0.39 is 0 Å². The third-order valence-corrected chi connectivity index (χ3v) is 4.02. The Morgan fingerprint density at radius 3 is 2.62 bits per heavy atom. The number of rotatable bonds is 2. The molecular formula is C18H13ClN2. The Labute approximate surface area is 128 Å². The minimum Gasteiger partial charge on any atom is -0.340 e. The molecule has 0 unspecified atom stereocenters. The van der Waals surface area contributed by atoms with Crippen LogP contribution in [0.25, 0.3) is 11.1 Å². The number of fused-ring (bicyclic) bond motifs is 3. The maximum absolute atomic E-state index is 5.85. The van der Waals surface area contributed by atoms with Crippen LogP contribution in [0.2, 0.25) is 5.02 Å². The zero-order valence-electron chi connectivity index (χ0n) is 11.3. The Morgan fingerprint density at radius 2 is 1.76 bits per heavy atom. The Hall–Kier alpha value is -2.32. The first-order valence-electron chi connectivity index (χ1n) is 6.89. The lowest BCUT2D eigenvalue weighted by Gasteiger charge is -2.08. The van der Waals surface area contributed by atoms with Crippen LogP contribution in [-0.4, -0.2) is 4.98 Å². The lowest BCUT2D eigenvalue weighted by atomic mass is 10.1. The summed E-state index contributed by atoms with van der Waals surface area (Å²) in [5.41, 5.74) is 6.49. The summed E-state index contributed by atoms with van der Waals surface area (Å²) in [7, 11) is 0. The third kappa shape index (κ3) is 2.28. The molecule has 3 heteroatoms. The van der Waals surface area contributed by atoms with E-state index >= 15 is 0 Å². The number of halogens is 1. The Morgan fingerprint density at radius 1 is 0.905 bits per heavy atom. The fourth-order valence-electron chi connectivity index (χ4n) is 2.82. The van der Waals surface area contributed by atoms with Gasteiger partial charge in [-0.2, -0.15) is 0 Å². The molecular weight excluding hydrogens is 280 g/mol. The number of aromatic nitrogens is 1. The zero-order chi connectivity index (χ0) is 14.2. The average Bonchev–Trinajstić information content (AvgIpc) is 2.87. The molecule has 102 valence electrons. The molecule has 0 radical (unpaired) electrons. The van der Waals surface area contributed by atoms with Gasteiger partial charge in [0, 0.05) is 11.9 Å². The Bertz CT molecular complexity index is 810. The van der Waals surface area contributed by atoms with Gasteiger partial charge in [0.15, 0.2) is 0 Å².